The Labute approximate surface area is 454 Å². The van der Waals surface area contributed by atoms with Gasteiger partial charge >= 0.3 is 0 Å². The highest BCUT2D eigenvalue weighted by Crippen LogP contribution is 2.46. The van der Waals surface area contributed by atoms with Gasteiger partial charge < -0.3 is 9.55 Å². The number of aromatic amines is 1. The first-order valence-electron chi connectivity index (χ1n) is 25.8. The van der Waals surface area contributed by atoms with E-state index < -0.39 is 0 Å². The van der Waals surface area contributed by atoms with Gasteiger partial charge in [-0.05, 0) is 113 Å². The van der Waals surface area contributed by atoms with Crippen molar-refractivity contribution >= 4 is 110 Å². The molecule has 77 heavy (non-hydrogen) atoms. The number of hydrogen-bond acceptors (Lipinski definition) is 0. The van der Waals surface area contributed by atoms with Crippen molar-refractivity contribution in [2.24, 2.45) is 0 Å². The number of rotatable bonds is 5. The van der Waals surface area contributed by atoms with Crippen LogP contribution in [0.1, 0.15) is 0 Å². The van der Waals surface area contributed by atoms with Crippen LogP contribution in [0.15, 0.2) is 267 Å². The standard InChI is InChI=1S/C36H22ClN.C18H12ClF.C18H11N/c37-31-16-6-13-26(25-21-19-24(20-22-25)23-9-2-1-3-10-23)36(31)38-32-17-7-14-29-27-11-4-5-12-28(27)30-15-8-18-33(38)35(30)34(29)32;19-17-8-4-7-16(18(17)20)15-11-9-14(10-12-15)13-5-2-1-3-6-13;1-2-6-12-11(5-1)13-7-3-9-15-17(13)18-14(12)8-4-10-16(18)19-15/h1-22H;1-12H;1-10,19H. The minimum atomic E-state index is -0.373. The molecule has 2 nitrogen and oxygen atoms in total. The number of hydrogen-bond donors (Lipinski definition) is 1. The normalized spacial score (nSPS) is 11.6. The van der Waals surface area contributed by atoms with Gasteiger partial charge in [-0.25, -0.2) is 4.39 Å². The molecule has 364 valence electrons. The second-order valence-corrected chi connectivity index (χ2v) is 20.3. The van der Waals surface area contributed by atoms with Gasteiger partial charge in [-0.15, -0.1) is 0 Å². The molecule has 0 saturated heterocycles. The summed E-state index contributed by atoms with van der Waals surface area (Å²) in [6, 6.07) is 92.2. The van der Waals surface area contributed by atoms with Gasteiger partial charge in [-0.3, -0.25) is 0 Å². The number of nitrogens with one attached hydrogen (secondary N) is 1. The van der Waals surface area contributed by atoms with Gasteiger partial charge in [0, 0.05) is 43.7 Å². The monoisotopic (exact) mass is 1030 g/mol. The lowest BCUT2D eigenvalue weighted by Crippen LogP contribution is -1.98. The number of nitrogens with zero attached hydrogens (tertiary/aromatic N) is 1. The molecule has 0 aliphatic rings. The van der Waals surface area contributed by atoms with Crippen molar-refractivity contribution < 1.29 is 4.39 Å². The zero-order chi connectivity index (χ0) is 51.6. The van der Waals surface area contributed by atoms with Crippen molar-refractivity contribution in [2.75, 3.05) is 0 Å². The van der Waals surface area contributed by atoms with Crippen molar-refractivity contribution in [2.45, 2.75) is 0 Å². The Morgan fingerprint density at radius 2 is 0.610 bits per heavy atom. The van der Waals surface area contributed by atoms with E-state index in [1.54, 1.807) is 18.2 Å². The number of benzene rings is 14. The van der Waals surface area contributed by atoms with Gasteiger partial charge in [0.1, 0.15) is 5.82 Å². The Morgan fingerprint density at radius 1 is 0.273 bits per heavy atom. The molecular weight excluding hydrogens is 983 g/mol. The van der Waals surface area contributed by atoms with Gasteiger partial charge in [0.05, 0.1) is 26.8 Å². The smallest absolute Gasteiger partial charge is 0.149 e. The summed E-state index contributed by atoms with van der Waals surface area (Å²) in [5.41, 5.74) is 14.1. The third-order valence-electron chi connectivity index (χ3n) is 15.2. The van der Waals surface area contributed by atoms with Gasteiger partial charge in [0.15, 0.2) is 0 Å². The molecule has 16 rings (SSSR count). The lowest BCUT2D eigenvalue weighted by molar-refractivity contribution is 0.632. The molecule has 0 fully saturated rings. The summed E-state index contributed by atoms with van der Waals surface area (Å²) in [6.07, 6.45) is 0. The van der Waals surface area contributed by atoms with Crippen LogP contribution in [0.25, 0.3) is 137 Å². The van der Waals surface area contributed by atoms with Crippen LogP contribution in [0.2, 0.25) is 10.0 Å². The number of aromatic nitrogens is 2. The predicted octanol–water partition coefficient (Wildman–Crippen LogP) is 21.4. The summed E-state index contributed by atoms with van der Waals surface area (Å²) in [5.74, 6) is -0.373. The van der Waals surface area contributed by atoms with Crippen LogP contribution >= 0.6 is 23.2 Å². The highest BCUT2D eigenvalue weighted by molar-refractivity contribution is 6.37. The fraction of sp³-hybridized carbons (Fsp3) is 0. The predicted molar refractivity (Wildman–Crippen MR) is 327 cm³/mol. The average molecular weight is 1030 g/mol. The summed E-state index contributed by atoms with van der Waals surface area (Å²) in [4.78, 5) is 3.53. The lowest BCUT2D eigenvalue weighted by atomic mass is 9.95. The summed E-state index contributed by atoms with van der Waals surface area (Å²) < 4.78 is 16.3. The van der Waals surface area contributed by atoms with E-state index in [1.807, 2.05) is 60.7 Å². The molecule has 5 heteroatoms. The second kappa shape index (κ2) is 19.2. The maximum Gasteiger partial charge on any atom is 0.149 e. The third kappa shape index (κ3) is 7.86. The maximum atomic E-state index is 14.0. The Morgan fingerprint density at radius 3 is 1.08 bits per heavy atom. The molecule has 16 aromatic rings. The van der Waals surface area contributed by atoms with E-state index in [0.717, 1.165) is 38.5 Å². The van der Waals surface area contributed by atoms with Crippen LogP contribution in [0.4, 0.5) is 4.39 Å². The van der Waals surface area contributed by atoms with E-state index in [-0.39, 0.29) is 10.8 Å². The van der Waals surface area contributed by atoms with E-state index in [2.05, 4.69) is 198 Å². The first-order valence-corrected chi connectivity index (χ1v) is 26.6. The largest absolute Gasteiger partial charge is 0.354 e. The first kappa shape index (κ1) is 46.3. The molecule has 0 unspecified atom stereocenters. The first-order chi connectivity index (χ1) is 38.0. The molecule has 0 spiro atoms. The molecule has 14 aromatic carbocycles. The highest BCUT2D eigenvalue weighted by Gasteiger charge is 2.23. The van der Waals surface area contributed by atoms with Crippen LogP contribution < -0.4 is 0 Å². The molecule has 0 atom stereocenters. The van der Waals surface area contributed by atoms with E-state index in [9.17, 15) is 4.39 Å². The summed E-state index contributed by atoms with van der Waals surface area (Å²) in [5, 5.41) is 16.7. The summed E-state index contributed by atoms with van der Waals surface area (Å²) >= 11 is 12.9. The zero-order valence-corrected chi connectivity index (χ0v) is 43.0. The van der Waals surface area contributed by atoms with Crippen LogP contribution in [0.5, 0.6) is 0 Å². The van der Waals surface area contributed by atoms with E-state index >= 15 is 0 Å². The SMILES string of the molecule is Clc1cccc(-c2ccc(-c3ccccc3)cc2)c1-n1c2cccc3c4ccccc4c4cccc1c4c32.Fc1c(Cl)cccc1-c1ccc(-c2ccccc2)cc1.c1ccc2c(c1)c1cccc3[nH]c4cccc2c4c31. The Kier molecular flexibility index (Phi) is 11.5. The minimum absolute atomic E-state index is 0.148. The molecule has 2 aromatic heterocycles. The quantitative estimate of drug-likeness (QED) is 0.166. The molecule has 1 N–H and O–H groups in total. The third-order valence-corrected chi connectivity index (χ3v) is 15.8. The molecular formula is C72H45Cl2FN2. The maximum absolute atomic E-state index is 14.0. The number of para-hydroxylation sites is 1. The lowest BCUT2D eigenvalue weighted by Gasteiger charge is -2.16. The van der Waals surface area contributed by atoms with Crippen molar-refractivity contribution in [1.82, 2.24) is 9.55 Å². The minimum Gasteiger partial charge on any atom is -0.354 e. The molecule has 0 radical (unpaired) electrons. The number of H-pyrrole nitrogens is 1. The van der Waals surface area contributed by atoms with Crippen molar-refractivity contribution in [3.05, 3.63) is 283 Å². The summed E-state index contributed by atoms with van der Waals surface area (Å²) in [6.45, 7) is 0. The van der Waals surface area contributed by atoms with Crippen molar-refractivity contribution in [3.63, 3.8) is 0 Å². The van der Waals surface area contributed by atoms with Gasteiger partial charge in [0.2, 0.25) is 0 Å². The second-order valence-electron chi connectivity index (χ2n) is 19.5. The number of halogens is 3. The van der Waals surface area contributed by atoms with Crippen LogP contribution in [-0.2, 0) is 0 Å². The number of fused-ring (bicyclic) bond motifs is 6. The van der Waals surface area contributed by atoms with Gasteiger partial charge in [-0.2, -0.15) is 0 Å². The Hall–Kier alpha value is -9.25. The molecule has 0 aliphatic heterocycles. The fourth-order valence-corrected chi connectivity index (χ4v) is 12.2. The van der Waals surface area contributed by atoms with Crippen LogP contribution in [0, 0.1) is 5.82 Å². The molecule has 0 aliphatic carbocycles. The molecule has 0 amide bonds. The highest BCUT2D eigenvalue weighted by atomic mass is 35.5. The molecule has 2 heterocycles. The summed E-state index contributed by atoms with van der Waals surface area (Å²) in [7, 11) is 0. The molecule has 0 bridgehead atoms. The Bertz CT molecular complexity index is 4640. The van der Waals surface area contributed by atoms with Gasteiger partial charge in [-0.1, -0.05) is 254 Å². The van der Waals surface area contributed by atoms with E-state index in [0.29, 0.717) is 5.56 Å². The fourth-order valence-electron chi connectivity index (χ4n) is 11.8. The average Bonchev–Trinajstić information content (AvgIpc) is 4.24. The zero-order valence-electron chi connectivity index (χ0n) is 41.5. The van der Waals surface area contributed by atoms with Crippen molar-refractivity contribution in [1.29, 1.82) is 0 Å². The Balaban J connectivity index is 0.000000116. The van der Waals surface area contributed by atoms with Gasteiger partial charge in [0.25, 0.3) is 0 Å². The van der Waals surface area contributed by atoms with E-state index in [4.69, 9.17) is 23.2 Å². The van der Waals surface area contributed by atoms with Crippen LogP contribution in [-0.4, -0.2) is 9.55 Å². The topological polar surface area (TPSA) is 20.7 Å². The molecule has 0 saturated carbocycles. The van der Waals surface area contributed by atoms with Crippen molar-refractivity contribution in [3.8, 4) is 50.2 Å². The van der Waals surface area contributed by atoms with Crippen LogP contribution in [0.3, 0.4) is 0 Å². The van der Waals surface area contributed by atoms with E-state index in [1.165, 1.54) is 97.8 Å².